The van der Waals surface area contributed by atoms with Crippen molar-refractivity contribution in [3.63, 3.8) is 0 Å². The first-order valence-electron chi connectivity index (χ1n) is 10.2. The Balaban J connectivity index is 1.62. The van der Waals surface area contributed by atoms with E-state index in [4.69, 9.17) is 16.3 Å². The van der Waals surface area contributed by atoms with Gasteiger partial charge in [-0.15, -0.1) is 0 Å². The molecule has 1 N–H and O–H groups in total. The van der Waals surface area contributed by atoms with Gasteiger partial charge in [-0.05, 0) is 66.3 Å². The zero-order valence-corrected chi connectivity index (χ0v) is 19.1. The van der Waals surface area contributed by atoms with E-state index in [0.29, 0.717) is 23.8 Å². The van der Waals surface area contributed by atoms with E-state index in [0.717, 1.165) is 18.4 Å². The van der Waals surface area contributed by atoms with Gasteiger partial charge in [0.15, 0.2) is 5.78 Å². The molecule has 0 saturated carbocycles. The zero-order chi connectivity index (χ0) is 22.8. The fourth-order valence-electron chi connectivity index (χ4n) is 3.80. The Morgan fingerprint density at radius 2 is 1.69 bits per heavy atom. The number of carbonyl (C=O) groups is 1. The summed E-state index contributed by atoms with van der Waals surface area (Å²) < 4.78 is 34.2. The molecule has 32 heavy (non-hydrogen) atoms. The molecule has 166 valence electrons. The van der Waals surface area contributed by atoms with Crippen molar-refractivity contribution in [1.29, 1.82) is 0 Å². The molecule has 3 aromatic rings. The summed E-state index contributed by atoms with van der Waals surface area (Å²) in [6, 6.07) is 14.5. The van der Waals surface area contributed by atoms with Crippen LogP contribution in [-0.4, -0.2) is 32.4 Å². The molecule has 0 spiro atoms. The Morgan fingerprint density at radius 1 is 1.03 bits per heavy atom. The number of aromatic nitrogens is 1. The third-order valence-electron chi connectivity index (χ3n) is 5.87. The Labute approximate surface area is 192 Å². The van der Waals surface area contributed by atoms with Crippen LogP contribution < -0.4 is 4.72 Å². The fraction of sp³-hybridized carbons (Fsp3) is 0.250. The molecule has 1 aromatic heterocycles. The smallest absolute Gasteiger partial charge is 0.261 e. The lowest BCUT2D eigenvalue weighted by molar-refractivity contribution is 0.0564. The predicted molar refractivity (Wildman–Crippen MR) is 124 cm³/mol. The molecule has 0 amide bonds. The van der Waals surface area contributed by atoms with Crippen LogP contribution in [0.3, 0.4) is 0 Å². The normalized spacial score (nSPS) is 15.8. The molecule has 0 radical (unpaired) electrons. The summed E-state index contributed by atoms with van der Waals surface area (Å²) in [6.45, 7) is 3.56. The number of ketones is 1. The average Bonchev–Trinajstić information content (AvgIpc) is 2.81. The van der Waals surface area contributed by atoms with Crippen LogP contribution in [0.15, 0.2) is 71.9 Å². The van der Waals surface area contributed by atoms with Crippen molar-refractivity contribution in [1.82, 2.24) is 4.98 Å². The van der Waals surface area contributed by atoms with E-state index in [2.05, 4.69) is 16.6 Å². The Morgan fingerprint density at radius 3 is 2.34 bits per heavy atom. The minimum atomic E-state index is -3.91. The third kappa shape index (κ3) is 4.70. The minimum Gasteiger partial charge on any atom is -0.381 e. The van der Waals surface area contributed by atoms with Crippen LogP contribution in [0.5, 0.6) is 0 Å². The molecule has 2 heterocycles. The van der Waals surface area contributed by atoms with Crippen LogP contribution in [0.2, 0.25) is 5.02 Å². The van der Waals surface area contributed by atoms with Crippen LogP contribution in [0.25, 0.3) is 0 Å². The molecular formula is C24H23ClN2O4S. The van der Waals surface area contributed by atoms with Crippen molar-refractivity contribution in [2.24, 2.45) is 0 Å². The number of sulfonamides is 1. The van der Waals surface area contributed by atoms with E-state index < -0.39 is 10.0 Å². The number of rotatable bonds is 6. The van der Waals surface area contributed by atoms with Crippen LogP contribution >= 0.6 is 11.6 Å². The average molecular weight is 471 g/mol. The van der Waals surface area contributed by atoms with E-state index >= 15 is 0 Å². The van der Waals surface area contributed by atoms with Gasteiger partial charge >= 0.3 is 0 Å². The van der Waals surface area contributed by atoms with Crippen LogP contribution in [0.4, 0.5) is 5.69 Å². The number of benzene rings is 2. The number of halogens is 1. The Hall–Kier alpha value is -2.74. The summed E-state index contributed by atoms with van der Waals surface area (Å²) in [6.07, 6.45) is 4.79. The summed E-state index contributed by atoms with van der Waals surface area (Å²) in [5, 5.41) is 0.333. The monoisotopic (exact) mass is 470 g/mol. The number of pyridine rings is 1. The fourth-order valence-corrected chi connectivity index (χ4v) is 5.05. The first-order valence-corrected chi connectivity index (χ1v) is 12.1. The standard InChI is InChI=1S/C24H23ClN2O4S/c1-24(10-14-31-15-11-24)18-2-5-20(6-3-18)32(29,30)27-22-7-4-19(25)16-21(22)23(28)17-8-12-26-13-9-17/h2-9,12-13,16,27H,10-11,14-15H2,1H3. The molecule has 0 bridgehead atoms. The Kier molecular flexibility index (Phi) is 6.33. The number of hydrogen-bond acceptors (Lipinski definition) is 5. The summed E-state index contributed by atoms with van der Waals surface area (Å²) in [5.74, 6) is -0.351. The van der Waals surface area contributed by atoms with Gasteiger partial charge in [-0.3, -0.25) is 14.5 Å². The molecule has 1 saturated heterocycles. The number of nitrogens with zero attached hydrogens (tertiary/aromatic N) is 1. The van der Waals surface area contributed by atoms with Gasteiger partial charge < -0.3 is 4.74 Å². The highest BCUT2D eigenvalue weighted by Gasteiger charge is 2.29. The summed E-state index contributed by atoms with van der Waals surface area (Å²) >= 11 is 6.09. The van der Waals surface area contributed by atoms with Gasteiger partial charge in [-0.1, -0.05) is 30.7 Å². The topological polar surface area (TPSA) is 85.4 Å². The minimum absolute atomic E-state index is 0.0335. The number of carbonyl (C=O) groups excluding carboxylic acids is 1. The predicted octanol–water partition coefficient (Wildman–Crippen LogP) is 4.83. The number of hydrogen-bond donors (Lipinski definition) is 1. The van der Waals surface area contributed by atoms with E-state index in [-0.39, 0.29) is 27.3 Å². The van der Waals surface area contributed by atoms with Gasteiger partial charge in [0.2, 0.25) is 0 Å². The molecule has 1 fully saturated rings. The first kappa shape index (κ1) is 22.5. The maximum Gasteiger partial charge on any atom is 0.261 e. The highest BCUT2D eigenvalue weighted by molar-refractivity contribution is 7.92. The van der Waals surface area contributed by atoms with E-state index in [9.17, 15) is 13.2 Å². The van der Waals surface area contributed by atoms with Crippen molar-refractivity contribution in [2.45, 2.75) is 30.1 Å². The van der Waals surface area contributed by atoms with Crippen molar-refractivity contribution < 1.29 is 17.9 Å². The number of nitrogens with one attached hydrogen (secondary N) is 1. The molecule has 4 rings (SSSR count). The first-order chi connectivity index (χ1) is 15.3. The van der Waals surface area contributed by atoms with Crippen LogP contribution in [0.1, 0.15) is 41.3 Å². The van der Waals surface area contributed by atoms with Crippen molar-refractivity contribution >= 4 is 33.1 Å². The molecule has 0 atom stereocenters. The summed E-state index contributed by atoms with van der Waals surface area (Å²) in [4.78, 5) is 17.0. The third-order valence-corrected chi connectivity index (χ3v) is 7.49. The van der Waals surface area contributed by atoms with Crippen LogP contribution in [-0.2, 0) is 20.2 Å². The SMILES string of the molecule is CC1(c2ccc(S(=O)(=O)Nc3ccc(Cl)cc3C(=O)c3ccncc3)cc2)CCOCC1. The maximum absolute atomic E-state index is 13.1. The van der Waals surface area contributed by atoms with Crippen molar-refractivity contribution in [2.75, 3.05) is 17.9 Å². The van der Waals surface area contributed by atoms with Gasteiger partial charge in [0, 0.05) is 41.8 Å². The van der Waals surface area contributed by atoms with Crippen molar-refractivity contribution in [3.8, 4) is 0 Å². The van der Waals surface area contributed by atoms with E-state index in [1.54, 1.807) is 24.3 Å². The second kappa shape index (κ2) is 9.02. The maximum atomic E-state index is 13.1. The zero-order valence-electron chi connectivity index (χ0n) is 17.5. The van der Waals surface area contributed by atoms with Gasteiger partial charge in [0.05, 0.1) is 10.6 Å². The highest BCUT2D eigenvalue weighted by Crippen LogP contribution is 2.35. The molecular weight excluding hydrogens is 448 g/mol. The van der Waals surface area contributed by atoms with Gasteiger partial charge in [-0.25, -0.2) is 8.42 Å². The van der Waals surface area contributed by atoms with Gasteiger partial charge in [-0.2, -0.15) is 0 Å². The molecule has 0 unspecified atom stereocenters. The molecule has 8 heteroatoms. The van der Waals surface area contributed by atoms with Gasteiger partial charge in [0.25, 0.3) is 10.0 Å². The molecule has 1 aliphatic rings. The lowest BCUT2D eigenvalue weighted by Crippen LogP contribution is -2.30. The van der Waals surface area contributed by atoms with Crippen LogP contribution in [0, 0.1) is 0 Å². The Bertz CT molecular complexity index is 1220. The second-order valence-corrected chi connectivity index (χ2v) is 10.2. The lowest BCUT2D eigenvalue weighted by Gasteiger charge is -2.34. The number of ether oxygens (including phenoxy) is 1. The highest BCUT2D eigenvalue weighted by atomic mass is 35.5. The van der Waals surface area contributed by atoms with Gasteiger partial charge in [0.1, 0.15) is 0 Å². The molecule has 6 nitrogen and oxygen atoms in total. The largest absolute Gasteiger partial charge is 0.381 e. The quantitative estimate of drug-likeness (QED) is 0.521. The summed E-state index contributed by atoms with van der Waals surface area (Å²) in [5.41, 5.74) is 1.76. The molecule has 0 aliphatic carbocycles. The number of anilines is 1. The van der Waals surface area contributed by atoms with E-state index in [1.807, 2.05) is 12.1 Å². The summed E-state index contributed by atoms with van der Waals surface area (Å²) in [7, 11) is -3.91. The second-order valence-electron chi connectivity index (χ2n) is 8.06. The lowest BCUT2D eigenvalue weighted by atomic mass is 9.76. The van der Waals surface area contributed by atoms with E-state index in [1.165, 1.54) is 30.6 Å². The van der Waals surface area contributed by atoms with Crippen molar-refractivity contribution in [3.05, 3.63) is 88.7 Å². The molecule has 2 aromatic carbocycles. The molecule has 1 aliphatic heterocycles.